The van der Waals surface area contributed by atoms with Crippen LogP contribution in [0.25, 0.3) is 0 Å². The number of amides is 1. The average molecular weight is 465 g/mol. The van der Waals surface area contributed by atoms with Crippen LogP contribution in [0.2, 0.25) is 5.02 Å². The van der Waals surface area contributed by atoms with Gasteiger partial charge in [0, 0.05) is 16.0 Å². The maximum absolute atomic E-state index is 12.5. The second-order valence-corrected chi connectivity index (χ2v) is 11.3. The van der Waals surface area contributed by atoms with Gasteiger partial charge in [0.2, 0.25) is 0 Å². The highest BCUT2D eigenvalue weighted by Gasteiger charge is 2.49. The molecule has 0 N–H and O–H groups in total. The molecule has 30 heavy (non-hydrogen) atoms. The van der Waals surface area contributed by atoms with Crippen LogP contribution in [0.3, 0.4) is 0 Å². The molecular formula is C21H21ClN2O4S2. The molecule has 4 rings (SSSR count). The lowest BCUT2D eigenvalue weighted by molar-refractivity contribution is -0.119. The molecule has 6 nitrogen and oxygen atoms in total. The fourth-order valence-corrected chi connectivity index (χ4v) is 7.83. The lowest BCUT2D eigenvalue weighted by Crippen LogP contribution is -2.38. The zero-order valence-corrected chi connectivity index (χ0v) is 18.9. The Bertz CT molecular complexity index is 1100. The summed E-state index contributed by atoms with van der Waals surface area (Å²) in [4.78, 5) is 18.7. The van der Waals surface area contributed by atoms with Gasteiger partial charge in [-0.3, -0.25) is 4.79 Å². The molecule has 2 aromatic carbocycles. The molecule has 0 aromatic heterocycles. The number of fused-ring (bicyclic) bond motifs is 1. The second kappa shape index (κ2) is 8.24. The number of amidine groups is 1. The number of halogens is 1. The highest BCUT2D eigenvalue weighted by atomic mass is 35.5. The first-order valence-corrected chi connectivity index (χ1v) is 12.5. The lowest BCUT2D eigenvalue weighted by Gasteiger charge is -2.25. The van der Waals surface area contributed by atoms with Crippen molar-refractivity contribution in [3.63, 3.8) is 0 Å². The third-order valence-corrected chi connectivity index (χ3v) is 8.41. The molecule has 2 heterocycles. The minimum atomic E-state index is -3.11. The Hall–Kier alpha value is -2.03. The number of hydrogen-bond acceptors (Lipinski definition) is 5. The maximum atomic E-state index is 12.5. The van der Waals surface area contributed by atoms with Crippen LogP contribution < -0.4 is 9.64 Å². The molecule has 0 spiro atoms. The van der Waals surface area contributed by atoms with Gasteiger partial charge < -0.3 is 9.64 Å². The predicted molar refractivity (Wildman–Crippen MR) is 122 cm³/mol. The molecule has 2 atom stereocenters. The monoisotopic (exact) mass is 464 g/mol. The highest BCUT2D eigenvalue weighted by Crippen LogP contribution is 2.41. The van der Waals surface area contributed by atoms with Crippen molar-refractivity contribution >= 4 is 50.0 Å². The first-order chi connectivity index (χ1) is 14.2. The predicted octanol–water partition coefficient (Wildman–Crippen LogP) is 3.64. The van der Waals surface area contributed by atoms with E-state index in [4.69, 9.17) is 16.3 Å². The van der Waals surface area contributed by atoms with Gasteiger partial charge in [-0.05, 0) is 61.4 Å². The maximum Gasteiger partial charge on any atom is 0.285 e. The van der Waals surface area contributed by atoms with Crippen molar-refractivity contribution < 1.29 is 17.9 Å². The van der Waals surface area contributed by atoms with E-state index in [9.17, 15) is 13.2 Å². The molecule has 0 unspecified atom stereocenters. The third-order valence-electron chi connectivity index (χ3n) is 4.95. The van der Waals surface area contributed by atoms with Crippen LogP contribution in [0, 0.1) is 13.8 Å². The summed E-state index contributed by atoms with van der Waals surface area (Å²) < 4.78 is 29.9. The van der Waals surface area contributed by atoms with E-state index in [1.54, 1.807) is 24.3 Å². The molecule has 9 heteroatoms. The number of thioether (sulfide) groups is 1. The highest BCUT2D eigenvalue weighted by molar-refractivity contribution is 8.16. The smallest absolute Gasteiger partial charge is 0.285 e. The zero-order valence-electron chi connectivity index (χ0n) is 16.5. The number of carbonyl (C=O) groups excluding carboxylic acids is 1. The van der Waals surface area contributed by atoms with E-state index < -0.39 is 15.7 Å². The normalized spacial score (nSPS) is 23.6. The van der Waals surface area contributed by atoms with Crippen molar-refractivity contribution in [3.05, 3.63) is 58.6 Å². The average Bonchev–Trinajstić information content (AvgIpc) is 3.11. The molecular weight excluding hydrogens is 444 g/mol. The number of aryl methyl sites for hydroxylation is 2. The van der Waals surface area contributed by atoms with Gasteiger partial charge in [-0.15, -0.1) is 0 Å². The minimum absolute atomic E-state index is 0.0616. The van der Waals surface area contributed by atoms with E-state index in [0.717, 1.165) is 16.8 Å². The summed E-state index contributed by atoms with van der Waals surface area (Å²) in [5.41, 5.74) is 2.99. The van der Waals surface area contributed by atoms with Crippen molar-refractivity contribution in [1.29, 1.82) is 0 Å². The summed E-state index contributed by atoms with van der Waals surface area (Å²) in [6, 6.07) is 12.5. The van der Waals surface area contributed by atoms with Gasteiger partial charge in [-0.1, -0.05) is 29.4 Å². The molecule has 2 fully saturated rings. The third kappa shape index (κ3) is 4.66. The largest absolute Gasteiger partial charge is 0.484 e. The zero-order chi connectivity index (χ0) is 21.5. The number of carbonyl (C=O) groups is 1. The molecule has 2 saturated heterocycles. The van der Waals surface area contributed by atoms with Crippen molar-refractivity contribution in [3.8, 4) is 5.75 Å². The summed E-state index contributed by atoms with van der Waals surface area (Å²) in [5, 5.41) is 0.969. The Morgan fingerprint density at radius 2 is 1.83 bits per heavy atom. The van der Waals surface area contributed by atoms with E-state index in [2.05, 4.69) is 11.1 Å². The lowest BCUT2D eigenvalue weighted by atomic mass is 10.1. The number of anilines is 1. The van der Waals surface area contributed by atoms with Crippen LogP contribution in [0.4, 0.5) is 5.69 Å². The van der Waals surface area contributed by atoms with Gasteiger partial charge in [-0.2, -0.15) is 4.99 Å². The first-order valence-electron chi connectivity index (χ1n) is 9.45. The van der Waals surface area contributed by atoms with E-state index in [-0.39, 0.29) is 29.4 Å². The quantitative estimate of drug-likeness (QED) is 0.687. The summed E-state index contributed by atoms with van der Waals surface area (Å²) in [6.07, 6.45) is 0. The molecule has 158 valence electrons. The fraction of sp³-hybridized carbons (Fsp3) is 0.333. The van der Waals surface area contributed by atoms with Crippen LogP contribution in [-0.2, 0) is 14.6 Å². The van der Waals surface area contributed by atoms with Crippen molar-refractivity contribution in [2.24, 2.45) is 4.99 Å². The number of hydrogen-bond donors (Lipinski definition) is 0. The molecule has 0 radical (unpaired) electrons. The Balaban J connectivity index is 1.58. The van der Waals surface area contributed by atoms with Crippen LogP contribution in [-0.4, -0.2) is 48.9 Å². The van der Waals surface area contributed by atoms with E-state index >= 15 is 0 Å². The fourth-order valence-electron chi connectivity index (χ4n) is 3.77. The second-order valence-electron chi connectivity index (χ2n) is 7.55. The molecule has 0 aliphatic carbocycles. The summed E-state index contributed by atoms with van der Waals surface area (Å²) in [7, 11) is -3.11. The minimum Gasteiger partial charge on any atom is -0.484 e. The number of nitrogens with zero attached hydrogens (tertiary/aromatic N) is 2. The van der Waals surface area contributed by atoms with E-state index in [0.29, 0.717) is 15.9 Å². The first kappa shape index (κ1) is 21.2. The van der Waals surface area contributed by atoms with Crippen LogP contribution in [0.5, 0.6) is 5.75 Å². The molecule has 2 aliphatic heterocycles. The van der Waals surface area contributed by atoms with Gasteiger partial charge in [0.05, 0.1) is 17.5 Å². The van der Waals surface area contributed by atoms with Gasteiger partial charge in [0.1, 0.15) is 5.75 Å². The van der Waals surface area contributed by atoms with Gasteiger partial charge in [0.25, 0.3) is 5.91 Å². The number of rotatable bonds is 4. The summed E-state index contributed by atoms with van der Waals surface area (Å²) in [5.74, 6) is 0.260. The van der Waals surface area contributed by atoms with Crippen molar-refractivity contribution in [2.75, 3.05) is 23.0 Å². The van der Waals surface area contributed by atoms with Gasteiger partial charge in [0.15, 0.2) is 21.6 Å². The van der Waals surface area contributed by atoms with Crippen LogP contribution >= 0.6 is 23.4 Å². The summed E-state index contributed by atoms with van der Waals surface area (Å²) >= 11 is 7.21. The molecule has 2 aromatic rings. The van der Waals surface area contributed by atoms with Crippen LogP contribution in [0.15, 0.2) is 47.5 Å². The van der Waals surface area contributed by atoms with Gasteiger partial charge in [-0.25, -0.2) is 8.42 Å². The number of benzene rings is 2. The standard InChI is InChI=1S/C21H21ClN2O4S2/c1-13-7-14(2)9-16(8-13)24-18-11-30(26,27)12-19(18)29-21(24)23-20(25)10-28-17-5-3-15(22)4-6-17/h3-9,18-19H,10-12H2,1-2H3/t18-,19-/m1/s1. The molecule has 2 aliphatic rings. The van der Waals surface area contributed by atoms with Crippen molar-refractivity contribution in [2.45, 2.75) is 25.1 Å². The van der Waals surface area contributed by atoms with Gasteiger partial charge >= 0.3 is 0 Å². The molecule has 1 amide bonds. The van der Waals surface area contributed by atoms with Crippen molar-refractivity contribution in [1.82, 2.24) is 0 Å². The Morgan fingerprint density at radius 3 is 2.50 bits per heavy atom. The Labute approximate surface area is 185 Å². The summed E-state index contributed by atoms with van der Waals surface area (Å²) in [6.45, 7) is 3.77. The Kier molecular flexibility index (Phi) is 5.83. The van der Waals surface area contributed by atoms with E-state index in [1.165, 1.54) is 11.8 Å². The number of sulfone groups is 1. The number of ether oxygens (including phenoxy) is 1. The molecule has 0 saturated carbocycles. The Morgan fingerprint density at radius 1 is 1.17 bits per heavy atom. The topological polar surface area (TPSA) is 76.0 Å². The number of aliphatic imine (C=N–C) groups is 1. The van der Waals surface area contributed by atoms with Crippen LogP contribution in [0.1, 0.15) is 11.1 Å². The molecule has 0 bridgehead atoms. The SMILES string of the molecule is Cc1cc(C)cc(N2C(=NC(=O)COc3ccc(Cl)cc3)S[C@@H]3CS(=O)(=O)C[C@H]32)c1. The van der Waals surface area contributed by atoms with E-state index in [1.807, 2.05) is 30.9 Å².